The molecule has 31 heavy (non-hydrogen) atoms. The summed E-state index contributed by atoms with van der Waals surface area (Å²) in [6.07, 6.45) is 23.6. The third kappa shape index (κ3) is 8.27. The maximum absolute atomic E-state index is 12.3. The number of carbonyl (C=O) groups is 2. The van der Waals surface area contributed by atoms with Crippen molar-refractivity contribution in [3.63, 3.8) is 0 Å². The van der Waals surface area contributed by atoms with Crippen LogP contribution in [-0.4, -0.2) is 22.2 Å². The molecule has 0 aromatic rings. The Balaban J connectivity index is 2.30. The number of carboxylic acids is 2. The molecule has 0 radical (unpaired) electrons. The molecule has 0 aliphatic heterocycles. The van der Waals surface area contributed by atoms with Crippen molar-refractivity contribution in [1.29, 1.82) is 0 Å². The fourth-order valence-corrected chi connectivity index (χ4v) is 5.49. The average Bonchev–Trinajstić information content (AvgIpc) is 2.74. The lowest BCUT2D eigenvalue weighted by molar-refractivity contribution is -0.177. The Hall–Kier alpha value is -1.32. The minimum atomic E-state index is -1.17. The van der Waals surface area contributed by atoms with Crippen LogP contribution in [0.3, 0.4) is 0 Å². The summed E-state index contributed by atoms with van der Waals surface area (Å²) in [5.41, 5.74) is -2.33. The lowest BCUT2D eigenvalue weighted by atomic mass is 9.54. The third-order valence-electron chi connectivity index (χ3n) is 7.47. The van der Waals surface area contributed by atoms with Gasteiger partial charge in [-0.15, -0.1) is 0 Å². The summed E-state index contributed by atoms with van der Waals surface area (Å²) < 4.78 is 0. The number of allylic oxidation sites excluding steroid dienone is 2. The van der Waals surface area contributed by atoms with Gasteiger partial charge in [0.15, 0.2) is 0 Å². The zero-order chi connectivity index (χ0) is 23.0. The largest absolute Gasteiger partial charge is 0.481 e. The van der Waals surface area contributed by atoms with Crippen molar-refractivity contribution in [2.45, 2.75) is 136 Å². The monoisotopic (exact) mass is 436 g/mol. The van der Waals surface area contributed by atoms with Crippen LogP contribution in [0.1, 0.15) is 136 Å². The van der Waals surface area contributed by atoms with Gasteiger partial charge in [-0.25, -0.2) is 0 Å². The summed E-state index contributed by atoms with van der Waals surface area (Å²) in [6.45, 7) is 4.20. The lowest BCUT2D eigenvalue weighted by Crippen LogP contribution is -2.53. The van der Waals surface area contributed by atoms with E-state index in [1.807, 2.05) is 19.1 Å². The first kappa shape index (κ1) is 27.7. The number of aliphatic carboxylic acids is 2. The SMILES string of the molecule is CCCCCCCCCCCCCCCCC1(C(=O)O)CC=CCC1(CCC)C(=O)O. The van der Waals surface area contributed by atoms with Crippen LogP contribution in [0.15, 0.2) is 12.2 Å². The quantitative estimate of drug-likeness (QED) is 0.158. The molecule has 180 valence electrons. The van der Waals surface area contributed by atoms with Gasteiger partial charge in [0.1, 0.15) is 0 Å². The highest BCUT2D eigenvalue weighted by molar-refractivity contribution is 5.87. The Morgan fingerprint density at radius 1 is 0.581 bits per heavy atom. The highest BCUT2D eigenvalue weighted by Gasteiger charge is 2.60. The van der Waals surface area contributed by atoms with E-state index in [9.17, 15) is 19.8 Å². The number of rotatable bonds is 19. The summed E-state index contributed by atoms with van der Waals surface area (Å²) >= 11 is 0. The summed E-state index contributed by atoms with van der Waals surface area (Å²) in [6, 6.07) is 0. The van der Waals surface area contributed by atoms with Crippen LogP contribution in [0.2, 0.25) is 0 Å². The van der Waals surface area contributed by atoms with E-state index >= 15 is 0 Å². The first-order valence-corrected chi connectivity index (χ1v) is 13.1. The predicted octanol–water partition coefficient (Wildman–Crippen LogP) is 8.15. The second-order valence-electron chi connectivity index (χ2n) is 9.75. The van der Waals surface area contributed by atoms with Crippen LogP contribution < -0.4 is 0 Å². The first-order valence-electron chi connectivity index (χ1n) is 13.1. The molecule has 0 aromatic carbocycles. The standard InChI is InChI=1S/C27H48O4/c1-3-5-6-7-8-9-10-11-12-13-14-15-16-17-21-27(25(30)31)23-19-18-22-26(27,20-4-2)24(28)29/h18-19H,3-17,20-23H2,1-2H3,(H,28,29)(H,30,31). The topological polar surface area (TPSA) is 74.6 Å². The molecule has 1 aliphatic carbocycles. The molecule has 0 bridgehead atoms. The van der Waals surface area contributed by atoms with Gasteiger partial charge in [0.05, 0.1) is 10.8 Å². The Morgan fingerprint density at radius 3 is 1.29 bits per heavy atom. The maximum atomic E-state index is 12.3. The summed E-state index contributed by atoms with van der Waals surface area (Å²) in [5.74, 6) is -1.87. The molecule has 0 fully saturated rings. The van der Waals surface area contributed by atoms with Gasteiger partial charge in [-0.1, -0.05) is 122 Å². The fourth-order valence-electron chi connectivity index (χ4n) is 5.49. The van der Waals surface area contributed by atoms with Crippen LogP contribution in [0.4, 0.5) is 0 Å². The normalized spacial score (nSPS) is 23.2. The lowest BCUT2D eigenvalue weighted by Gasteiger charge is -2.46. The van der Waals surface area contributed by atoms with E-state index in [1.54, 1.807) is 0 Å². The van der Waals surface area contributed by atoms with E-state index in [2.05, 4.69) is 6.92 Å². The molecule has 2 N–H and O–H groups in total. The van der Waals surface area contributed by atoms with Crippen molar-refractivity contribution < 1.29 is 19.8 Å². The smallest absolute Gasteiger partial charge is 0.311 e. The van der Waals surface area contributed by atoms with Gasteiger partial charge in [0.2, 0.25) is 0 Å². The fraction of sp³-hybridized carbons (Fsp3) is 0.852. The van der Waals surface area contributed by atoms with Gasteiger partial charge in [0.25, 0.3) is 0 Å². The second kappa shape index (κ2) is 15.5. The summed E-state index contributed by atoms with van der Waals surface area (Å²) in [5, 5.41) is 20.1. The Kier molecular flexibility index (Phi) is 13.8. The molecule has 4 heteroatoms. The second-order valence-corrected chi connectivity index (χ2v) is 9.75. The molecule has 2 unspecified atom stereocenters. The van der Waals surface area contributed by atoms with Crippen LogP contribution in [0.25, 0.3) is 0 Å². The molecular formula is C27H48O4. The maximum Gasteiger partial charge on any atom is 0.311 e. The average molecular weight is 437 g/mol. The number of unbranched alkanes of at least 4 members (excludes halogenated alkanes) is 13. The first-order chi connectivity index (χ1) is 15.0. The van der Waals surface area contributed by atoms with Crippen molar-refractivity contribution in [2.24, 2.45) is 10.8 Å². The molecule has 2 atom stereocenters. The van der Waals surface area contributed by atoms with Gasteiger partial charge < -0.3 is 10.2 Å². The molecule has 0 saturated carbocycles. The molecule has 0 aromatic heterocycles. The number of carboxylic acid groups (broad SMARTS) is 2. The van der Waals surface area contributed by atoms with E-state index in [1.165, 1.54) is 70.6 Å². The molecule has 0 spiro atoms. The zero-order valence-corrected chi connectivity index (χ0v) is 20.3. The predicted molar refractivity (Wildman–Crippen MR) is 128 cm³/mol. The highest BCUT2D eigenvalue weighted by Crippen LogP contribution is 2.54. The minimum absolute atomic E-state index is 0.334. The molecule has 4 nitrogen and oxygen atoms in total. The van der Waals surface area contributed by atoms with E-state index in [4.69, 9.17) is 0 Å². The van der Waals surface area contributed by atoms with E-state index in [0.717, 1.165) is 19.3 Å². The van der Waals surface area contributed by atoms with E-state index in [0.29, 0.717) is 32.1 Å². The zero-order valence-electron chi connectivity index (χ0n) is 20.3. The highest BCUT2D eigenvalue weighted by atomic mass is 16.4. The Bertz CT molecular complexity index is 541. The van der Waals surface area contributed by atoms with Crippen molar-refractivity contribution in [1.82, 2.24) is 0 Å². The summed E-state index contributed by atoms with van der Waals surface area (Å²) in [4.78, 5) is 24.6. The Labute approximate surface area is 190 Å². The van der Waals surface area contributed by atoms with Crippen LogP contribution >= 0.6 is 0 Å². The third-order valence-corrected chi connectivity index (χ3v) is 7.47. The Morgan fingerprint density at radius 2 is 0.935 bits per heavy atom. The van der Waals surface area contributed by atoms with Crippen molar-refractivity contribution >= 4 is 11.9 Å². The van der Waals surface area contributed by atoms with Crippen molar-refractivity contribution in [3.8, 4) is 0 Å². The van der Waals surface area contributed by atoms with E-state index < -0.39 is 22.8 Å². The van der Waals surface area contributed by atoms with Gasteiger partial charge in [-0.2, -0.15) is 0 Å². The van der Waals surface area contributed by atoms with Gasteiger partial charge >= 0.3 is 11.9 Å². The molecular weight excluding hydrogens is 388 g/mol. The molecule has 1 rings (SSSR count). The van der Waals surface area contributed by atoms with Crippen molar-refractivity contribution in [2.75, 3.05) is 0 Å². The molecule has 1 aliphatic rings. The number of hydrogen-bond acceptors (Lipinski definition) is 2. The van der Waals surface area contributed by atoms with Gasteiger partial charge in [-0.05, 0) is 25.7 Å². The minimum Gasteiger partial charge on any atom is -0.481 e. The van der Waals surface area contributed by atoms with Gasteiger partial charge in [0, 0.05) is 0 Å². The van der Waals surface area contributed by atoms with Crippen LogP contribution in [0, 0.1) is 10.8 Å². The van der Waals surface area contributed by atoms with Gasteiger partial charge in [-0.3, -0.25) is 9.59 Å². The van der Waals surface area contributed by atoms with Crippen LogP contribution in [-0.2, 0) is 9.59 Å². The molecule has 0 saturated heterocycles. The molecule has 0 amide bonds. The van der Waals surface area contributed by atoms with Crippen LogP contribution in [0.5, 0.6) is 0 Å². The van der Waals surface area contributed by atoms with E-state index in [-0.39, 0.29) is 0 Å². The molecule has 0 heterocycles. The summed E-state index contributed by atoms with van der Waals surface area (Å²) in [7, 11) is 0. The van der Waals surface area contributed by atoms with Crippen molar-refractivity contribution in [3.05, 3.63) is 12.2 Å². The number of hydrogen-bond donors (Lipinski definition) is 2.